The van der Waals surface area contributed by atoms with Crippen LogP contribution in [0.5, 0.6) is 11.6 Å². The highest BCUT2D eigenvalue weighted by atomic mass is 79.9. The van der Waals surface area contributed by atoms with Crippen LogP contribution in [0.1, 0.15) is 5.56 Å². The summed E-state index contributed by atoms with van der Waals surface area (Å²) in [5, 5.41) is 18.6. The van der Waals surface area contributed by atoms with E-state index in [9.17, 15) is 9.90 Å². The van der Waals surface area contributed by atoms with Gasteiger partial charge in [-0.25, -0.2) is 0 Å². The van der Waals surface area contributed by atoms with Crippen LogP contribution in [0.4, 0.5) is 5.69 Å². The number of benzene rings is 2. The molecule has 3 aromatic rings. The second-order valence-corrected chi connectivity index (χ2v) is 8.46. The fraction of sp³-hybridized carbons (Fsp3) is 0.167. The van der Waals surface area contributed by atoms with Crippen LogP contribution in [0.15, 0.2) is 54.0 Å². The van der Waals surface area contributed by atoms with Gasteiger partial charge in [-0.15, -0.1) is 10.2 Å². The number of carbonyl (C=O) groups is 1. The third kappa shape index (κ3) is 4.25. The van der Waals surface area contributed by atoms with Crippen molar-refractivity contribution in [2.45, 2.75) is 6.92 Å². The fourth-order valence-electron chi connectivity index (χ4n) is 2.58. The summed E-state index contributed by atoms with van der Waals surface area (Å²) in [5.74, 6) is -0.119. The first-order valence-corrected chi connectivity index (χ1v) is 10.2. The zero-order valence-electron chi connectivity index (χ0n) is 14.3. The molecule has 140 valence electrons. The molecule has 0 aliphatic rings. The number of halogens is 3. The number of hydrogen-bond donors (Lipinski definition) is 1. The number of carbonyl (C=O) groups excluding carboxylic acids is 1. The Labute approximate surface area is 180 Å². The number of nitrogens with zero attached hydrogens (tertiary/aromatic N) is 3. The Kier molecular flexibility index (Phi) is 6.02. The summed E-state index contributed by atoms with van der Waals surface area (Å²) >= 11 is 10.2. The van der Waals surface area contributed by atoms with Gasteiger partial charge in [0.15, 0.2) is 12.3 Å². The molecule has 1 N–H and O–H groups in total. The molecule has 2 aromatic carbocycles. The summed E-state index contributed by atoms with van der Waals surface area (Å²) in [5.41, 5.74) is 2.06. The Morgan fingerprint density at radius 3 is 2.52 bits per heavy atom. The fourth-order valence-corrected chi connectivity index (χ4v) is 4.58. The molecule has 0 saturated heterocycles. The van der Waals surface area contributed by atoms with Crippen molar-refractivity contribution in [1.29, 1.82) is 0 Å². The van der Waals surface area contributed by atoms with E-state index in [0.29, 0.717) is 11.1 Å². The molecule has 0 aliphatic carbocycles. The van der Waals surface area contributed by atoms with Crippen molar-refractivity contribution in [3.05, 3.63) is 49.3 Å². The molecule has 1 aromatic heterocycles. The van der Waals surface area contributed by atoms with Gasteiger partial charge >= 0.3 is 5.91 Å². The summed E-state index contributed by atoms with van der Waals surface area (Å²) < 4.78 is 9.42. The predicted molar refractivity (Wildman–Crippen MR) is 114 cm³/mol. The molecule has 1 amide bonds. The minimum absolute atomic E-state index is 0.0652. The van der Waals surface area contributed by atoms with Crippen LogP contribution in [-0.4, -0.2) is 22.2 Å². The third-order valence-corrected chi connectivity index (χ3v) is 5.52. The smallest absolute Gasteiger partial charge is 0.302 e. The Bertz CT molecular complexity index is 1050. The van der Waals surface area contributed by atoms with Gasteiger partial charge < -0.3 is 14.4 Å². The van der Waals surface area contributed by atoms with Crippen molar-refractivity contribution in [2.75, 3.05) is 6.61 Å². The number of aromatic hydroxyl groups is 1. The summed E-state index contributed by atoms with van der Waals surface area (Å²) in [4.78, 5) is 12.1. The van der Waals surface area contributed by atoms with E-state index in [2.05, 4.69) is 58.0 Å². The standard InChI is InChI=1S/C18H14Br3N3O3/c1-9-5-12(20)17(13(21)6-9)27-8-15(25)22-23-16-11-7-10(19)3-4-14(11)24(2)18(16)26/h3-7,26H,8H2,1-2H3. The number of ether oxygens (including phenoxy) is 1. The highest BCUT2D eigenvalue weighted by Gasteiger charge is 2.15. The molecule has 0 fully saturated rings. The lowest BCUT2D eigenvalue weighted by atomic mass is 10.2. The number of fused-ring (bicyclic) bond motifs is 1. The monoisotopic (exact) mass is 557 g/mol. The van der Waals surface area contributed by atoms with Crippen molar-refractivity contribution in [3.63, 3.8) is 0 Å². The zero-order chi connectivity index (χ0) is 19.7. The second-order valence-electron chi connectivity index (χ2n) is 5.83. The molecule has 0 atom stereocenters. The topological polar surface area (TPSA) is 76.2 Å². The largest absolute Gasteiger partial charge is 0.493 e. The van der Waals surface area contributed by atoms with E-state index in [1.807, 2.05) is 37.3 Å². The molecule has 3 rings (SSSR count). The molecule has 0 saturated carbocycles. The van der Waals surface area contributed by atoms with E-state index in [4.69, 9.17) is 4.74 Å². The van der Waals surface area contributed by atoms with E-state index in [-0.39, 0.29) is 18.2 Å². The van der Waals surface area contributed by atoms with Gasteiger partial charge in [0.05, 0.1) is 14.5 Å². The van der Waals surface area contributed by atoms with E-state index >= 15 is 0 Å². The maximum atomic E-state index is 12.1. The summed E-state index contributed by atoms with van der Waals surface area (Å²) in [7, 11) is 1.71. The highest BCUT2D eigenvalue weighted by Crippen LogP contribution is 2.39. The van der Waals surface area contributed by atoms with Gasteiger partial charge in [0.2, 0.25) is 5.88 Å². The molecule has 0 spiro atoms. The molecule has 6 nitrogen and oxygen atoms in total. The van der Waals surface area contributed by atoms with E-state index < -0.39 is 5.91 Å². The van der Waals surface area contributed by atoms with E-state index in [1.54, 1.807) is 11.6 Å². The third-order valence-electron chi connectivity index (χ3n) is 3.85. The van der Waals surface area contributed by atoms with Gasteiger partial charge in [-0.1, -0.05) is 15.9 Å². The molecule has 0 bridgehead atoms. The van der Waals surface area contributed by atoms with Gasteiger partial charge in [-0.05, 0) is 74.7 Å². The molecule has 1 heterocycles. The van der Waals surface area contributed by atoms with Gasteiger partial charge in [-0.3, -0.25) is 4.79 Å². The average Bonchev–Trinajstić information content (AvgIpc) is 2.82. The number of rotatable bonds is 4. The minimum Gasteiger partial charge on any atom is -0.493 e. The first-order valence-electron chi connectivity index (χ1n) is 7.78. The molecule has 0 unspecified atom stereocenters. The Balaban J connectivity index is 1.79. The number of aromatic nitrogens is 1. The van der Waals surface area contributed by atoms with Crippen LogP contribution < -0.4 is 4.74 Å². The number of azo groups is 1. The Morgan fingerprint density at radius 1 is 1.19 bits per heavy atom. The lowest BCUT2D eigenvalue weighted by molar-refractivity contribution is -0.120. The summed E-state index contributed by atoms with van der Waals surface area (Å²) in [6.45, 7) is 1.67. The normalized spacial score (nSPS) is 11.4. The van der Waals surface area contributed by atoms with Crippen molar-refractivity contribution in [3.8, 4) is 11.6 Å². The molecular weight excluding hydrogens is 546 g/mol. The van der Waals surface area contributed by atoms with Gasteiger partial charge in [0.25, 0.3) is 0 Å². The Hall–Kier alpha value is -1.71. The van der Waals surface area contributed by atoms with Gasteiger partial charge in [-0.2, -0.15) is 0 Å². The first-order chi connectivity index (χ1) is 12.8. The van der Waals surface area contributed by atoms with Crippen molar-refractivity contribution in [1.82, 2.24) is 4.57 Å². The number of aryl methyl sites for hydroxylation is 2. The maximum absolute atomic E-state index is 12.1. The first kappa shape index (κ1) is 20.0. The molecule has 0 radical (unpaired) electrons. The molecular formula is C18H14Br3N3O3. The SMILES string of the molecule is Cc1cc(Br)c(OCC(=O)N=Nc2c(O)n(C)c3ccc(Br)cc23)c(Br)c1. The van der Waals surface area contributed by atoms with Crippen molar-refractivity contribution < 1.29 is 14.6 Å². The van der Waals surface area contributed by atoms with Crippen molar-refractivity contribution >= 4 is 70.3 Å². The lowest BCUT2D eigenvalue weighted by Crippen LogP contribution is -2.08. The minimum atomic E-state index is -0.569. The van der Waals surface area contributed by atoms with Crippen LogP contribution in [0.3, 0.4) is 0 Å². The second kappa shape index (κ2) is 8.12. The average molecular weight is 560 g/mol. The summed E-state index contributed by atoms with van der Waals surface area (Å²) in [6.07, 6.45) is 0. The van der Waals surface area contributed by atoms with Crippen molar-refractivity contribution in [2.24, 2.45) is 17.3 Å². The number of hydrogen-bond acceptors (Lipinski definition) is 4. The van der Waals surface area contributed by atoms with Crippen LogP contribution in [-0.2, 0) is 11.8 Å². The van der Waals surface area contributed by atoms with Gasteiger partial charge in [0, 0.05) is 16.9 Å². The Morgan fingerprint density at radius 2 is 1.85 bits per heavy atom. The maximum Gasteiger partial charge on any atom is 0.302 e. The van der Waals surface area contributed by atoms with Crippen LogP contribution >= 0.6 is 47.8 Å². The highest BCUT2D eigenvalue weighted by molar-refractivity contribution is 9.11. The van der Waals surface area contributed by atoms with Gasteiger partial charge in [0.1, 0.15) is 5.75 Å². The molecule has 27 heavy (non-hydrogen) atoms. The summed E-state index contributed by atoms with van der Waals surface area (Å²) in [6, 6.07) is 9.29. The van der Waals surface area contributed by atoms with E-state index in [1.165, 1.54) is 0 Å². The van der Waals surface area contributed by atoms with Crippen LogP contribution in [0.25, 0.3) is 10.9 Å². The number of amides is 1. The quantitative estimate of drug-likeness (QED) is 0.388. The molecule has 9 heteroatoms. The predicted octanol–water partition coefficient (Wildman–Crippen LogP) is 6.17. The van der Waals surface area contributed by atoms with Crippen LogP contribution in [0, 0.1) is 6.92 Å². The molecule has 0 aliphatic heterocycles. The van der Waals surface area contributed by atoms with E-state index in [0.717, 1.165) is 24.5 Å². The lowest BCUT2D eigenvalue weighted by Gasteiger charge is -2.09. The van der Waals surface area contributed by atoms with Crippen LogP contribution in [0.2, 0.25) is 0 Å². The zero-order valence-corrected chi connectivity index (χ0v) is 19.1.